The zero-order valence-corrected chi connectivity index (χ0v) is 7.87. The second-order valence-electron chi connectivity index (χ2n) is 2.86. The van der Waals surface area contributed by atoms with Crippen LogP contribution in [-0.4, -0.2) is 11.7 Å². The van der Waals surface area contributed by atoms with Gasteiger partial charge in [-0.1, -0.05) is 12.0 Å². The van der Waals surface area contributed by atoms with E-state index in [9.17, 15) is 4.39 Å². The summed E-state index contributed by atoms with van der Waals surface area (Å²) < 4.78 is 13.0. The molecule has 0 spiro atoms. The number of nitriles is 1. The SMILES string of the molecule is C#CCNC(C#N)c1ccc(O)c(F)c1. The quantitative estimate of drug-likeness (QED) is 0.730. The van der Waals surface area contributed by atoms with Crippen molar-refractivity contribution in [3.8, 4) is 24.2 Å². The number of phenolic OH excluding ortho intramolecular Hbond substituents is 1. The van der Waals surface area contributed by atoms with Crippen LogP contribution in [-0.2, 0) is 0 Å². The molecule has 0 saturated heterocycles. The lowest BCUT2D eigenvalue weighted by Gasteiger charge is -2.09. The largest absolute Gasteiger partial charge is 0.505 e. The van der Waals surface area contributed by atoms with Crippen LogP contribution in [0.15, 0.2) is 18.2 Å². The van der Waals surface area contributed by atoms with Gasteiger partial charge in [0.05, 0.1) is 12.6 Å². The fourth-order valence-corrected chi connectivity index (χ4v) is 1.10. The molecule has 1 unspecified atom stereocenters. The monoisotopic (exact) mass is 204 g/mol. The highest BCUT2D eigenvalue weighted by atomic mass is 19.1. The van der Waals surface area contributed by atoms with Crippen LogP contribution in [0.1, 0.15) is 11.6 Å². The minimum absolute atomic E-state index is 0.223. The predicted octanol–water partition coefficient (Wildman–Crippen LogP) is 1.32. The molecule has 1 atom stereocenters. The summed E-state index contributed by atoms with van der Waals surface area (Å²) in [4.78, 5) is 0. The van der Waals surface area contributed by atoms with E-state index >= 15 is 0 Å². The number of rotatable bonds is 3. The van der Waals surface area contributed by atoms with E-state index in [1.54, 1.807) is 0 Å². The molecule has 15 heavy (non-hydrogen) atoms. The van der Waals surface area contributed by atoms with Gasteiger partial charge in [0.25, 0.3) is 0 Å². The fourth-order valence-electron chi connectivity index (χ4n) is 1.10. The number of aromatic hydroxyl groups is 1. The minimum Gasteiger partial charge on any atom is -0.505 e. The van der Waals surface area contributed by atoms with Gasteiger partial charge >= 0.3 is 0 Å². The third kappa shape index (κ3) is 2.70. The lowest BCUT2D eigenvalue weighted by atomic mass is 10.1. The first-order valence-corrected chi connectivity index (χ1v) is 4.24. The van der Waals surface area contributed by atoms with Crippen molar-refractivity contribution in [2.45, 2.75) is 6.04 Å². The molecule has 1 aromatic rings. The van der Waals surface area contributed by atoms with E-state index in [2.05, 4.69) is 11.2 Å². The molecule has 0 aliphatic heterocycles. The highest BCUT2D eigenvalue weighted by Crippen LogP contribution is 2.20. The van der Waals surface area contributed by atoms with E-state index in [0.29, 0.717) is 5.56 Å². The molecule has 0 heterocycles. The Kier molecular flexibility index (Phi) is 3.68. The lowest BCUT2D eigenvalue weighted by molar-refractivity contribution is 0.431. The molecule has 1 rings (SSSR count). The first-order chi connectivity index (χ1) is 7.19. The van der Waals surface area contributed by atoms with E-state index in [4.69, 9.17) is 16.8 Å². The zero-order valence-electron chi connectivity index (χ0n) is 7.87. The maximum Gasteiger partial charge on any atom is 0.165 e. The standard InChI is InChI=1S/C11H9FN2O/c1-2-5-14-10(7-13)8-3-4-11(15)9(12)6-8/h1,3-4,6,10,14-15H,5H2. The van der Waals surface area contributed by atoms with E-state index < -0.39 is 17.6 Å². The zero-order chi connectivity index (χ0) is 11.3. The number of phenols is 1. The van der Waals surface area contributed by atoms with Gasteiger partial charge in [0, 0.05) is 0 Å². The van der Waals surface area contributed by atoms with Crippen molar-refractivity contribution < 1.29 is 9.50 Å². The van der Waals surface area contributed by atoms with Gasteiger partial charge < -0.3 is 5.11 Å². The van der Waals surface area contributed by atoms with Crippen LogP contribution in [0, 0.1) is 29.5 Å². The van der Waals surface area contributed by atoms with Gasteiger partial charge in [0.15, 0.2) is 11.6 Å². The van der Waals surface area contributed by atoms with Crippen molar-refractivity contribution in [2.75, 3.05) is 6.54 Å². The Balaban J connectivity index is 2.89. The average molecular weight is 204 g/mol. The normalized spacial score (nSPS) is 11.4. The molecular formula is C11H9FN2O. The predicted molar refractivity (Wildman–Crippen MR) is 53.3 cm³/mol. The summed E-state index contributed by atoms with van der Waals surface area (Å²) in [6, 6.07) is 5.05. The number of benzene rings is 1. The highest BCUT2D eigenvalue weighted by molar-refractivity contribution is 5.32. The molecule has 0 aliphatic carbocycles. The molecule has 0 saturated carbocycles. The smallest absolute Gasteiger partial charge is 0.165 e. The van der Waals surface area contributed by atoms with Crippen molar-refractivity contribution >= 4 is 0 Å². The molecule has 0 bridgehead atoms. The van der Waals surface area contributed by atoms with Gasteiger partial charge in [-0.2, -0.15) is 5.26 Å². The van der Waals surface area contributed by atoms with Gasteiger partial charge in [-0.15, -0.1) is 6.42 Å². The molecule has 0 aromatic heterocycles. The summed E-state index contributed by atoms with van der Waals surface area (Å²) in [5.74, 6) is 1.13. The summed E-state index contributed by atoms with van der Waals surface area (Å²) in [7, 11) is 0. The maximum absolute atomic E-state index is 13.0. The first kappa shape index (κ1) is 11.0. The first-order valence-electron chi connectivity index (χ1n) is 4.24. The molecule has 0 fully saturated rings. The Bertz CT molecular complexity index is 431. The molecule has 1 aromatic carbocycles. The van der Waals surface area contributed by atoms with Crippen LogP contribution in [0.25, 0.3) is 0 Å². The van der Waals surface area contributed by atoms with Crippen molar-refractivity contribution in [1.82, 2.24) is 5.32 Å². The Morgan fingerprint density at radius 1 is 1.60 bits per heavy atom. The van der Waals surface area contributed by atoms with Crippen LogP contribution in [0.5, 0.6) is 5.75 Å². The molecule has 0 amide bonds. The number of halogens is 1. The molecule has 2 N–H and O–H groups in total. The van der Waals surface area contributed by atoms with Crippen molar-refractivity contribution in [3.63, 3.8) is 0 Å². The minimum atomic E-state index is -0.754. The molecule has 0 radical (unpaired) electrons. The number of hydrogen-bond acceptors (Lipinski definition) is 3. The molecular weight excluding hydrogens is 195 g/mol. The number of nitrogens with one attached hydrogen (secondary N) is 1. The van der Waals surface area contributed by atoms with Crippen LogP contribution in [0.4, 0.5) is 4.39 Å². The Hall–Kier alpha value is -2.04. The Morgan fingerprint density at radius 3 is 2.87 bits per heavy atom. The number of nitrogens with zero attached hydrogens (tertiary/aromatic N) is 1. The molecule has 0 aliphatic rings. The second-order valence-corrected chi connectivity index (χ2v) is 2.86. The summed E-state index contributed by atoms with van der Waals surface area (Å²) in [5, 5.41) is 20.5. The van der Waals surface area contributed by atoms with Gasteiger partial charge in [0.2, 0.25) is 0 Å². The maximum atomic E-state index is 13.0. The van der Waals surface area contributed by atoms with E-state index in [1.807, 2.05) is 6.07 Å². The highest BCUT2D eigenvalue weighted by Gasteiger charge is 2.11. The summed E-state index contributed by atoms with van der Waals surface area (Å²) in [6.07, 6.45) is 5.03. The van der Waals surface area contributed by atoms with Crippen molar-refractivity contribution in [3.05, 3.63) is 29.6 Å². The van der Waals surface area contributed by atoms with Crippen LogP contribution in [0.2, 0.25) is 0 Å². The summed E-state index contributed by atoms with van der Waals surface area (Å²) in [6.45, 7) is 0.223. The second kappa shape index (κ2) is 4.99. The van der Waals surface area contributed by atoms with Crippen LogP contribution < -0.4 is 5.32 Å². The van der Waals surface area contributed by atoms with Gasteiger partial charge in [-0.3, -0.25) is 5.32 Å². The third-order valence-electron chi connectivity index (χ3n) is 1.84. The topological polar surface area (TPSA) is 56.0 Å². The lowest BCUT2D eigenvalue weighted by Crippen LogP contribution is -2.20. The number of hydrogen-bond donors (Lipinski definition) is 2. The van der Waals surface area contributed by atoms with E-state index in [-0.39, 0.29) is 6.54 Å². The fraction of sp³-hybridized carbons (Fsp3) is 0.182. The molecule has 3 nitrogen and oxygen atoms in total. The van der Waals surface area contributed by atoms with Crippen LogP contribution >= 0.6 is 0 Å². The van der Waals surface area contributed by atoms with E-state index in [1.165, 1.54) is 12.1 Å². The van der Waals surface area contributed by atoms with Crippen molar-refractivity contribution in [1.29, 1.82) is 5.26 Å². The molecule has 76 valence electrons. The van der Waals surface area contributed by atoms with Gasteiger partial charge in [-0.05, 0) is 17.7 Å². The van der Waals surface area contributed by atoms with Crippen molar-refractivity contribution in [2.24, 2.45) is 0 Å². The van der Waals surface area contributed by atoms with Crippen LogP contribution in [0.3, 0.4) is 0 Å². The third-order valence-corrected chi connectivity index (χ3v) is 1.84. The number of terminal acetylenes is 1. The summed E-state index contributed by atoms with van der Waals surface area (Å²) >= 11 is 0. The Morgan fingerprint density at radius 2 is 2.33 bits per heavy atom. The average Bonchev–Trinajstić information content (AvgIpc) is 2.24. The van der Waals surface area contributed by atoms with E-state index in [0.717, 1.165) is 6.07 Å². The van der Waals surface area contributed by atoms with Gasteiger partial charge in [0.1, 0.15) is 6.04 Å². The van der Waals surface area contributed by atoms with Gasteiger partial charge in [-0.25, -0.2) is 4.39 Å². The molecule has 4 heteroatoms. The summed E-state index contributed by atoms with van der Waals surface area (Å²) in [5.41, 5.74) is 0.433. The Labute approximate surface area is 87.2 Å².